The zero-order chi connectivity index (χ0) is 25.3. The van der Waals surface area contributed by atoms with Crippen LogP contribution >= 0.6 is 11.6 Å². The van der Waals surface area contributed by atoms with E-state index in [1.807, 2.05) is 6.07 Å². The van der Waals surface area contributed by atoms with Crippen molar-refractivity contribution in [2.45, 2.75) is 18.6 Å². The molecule has 1 atom stereocenters. The van der Waals surface area contributed by atoms with Gasteiger partial charge in [0, 0.05) is 24.4 Å². The molecule has 0 spiro atoms. The van der Waals surface area contributed by atoms with Gasteiger partial charge in [-0.25, -0.2) is 0 Å². The first kappa shape index (κ1) is 23.9. The number of ether oxygens (including phenoxy) is 2. The van der Waals surface area contributed by atoms with Crippen LogP contribution in [0.25, 0.3) is 0 Å². The molecule has 36 heavy (non-hydrogen) atoms. The summed E-state index contributed by atoms with van der Waals surface area (Å²) in [5.74, 6) is 1.88. The van der Waals surface area contributed by atoms with Crippen LogP contribution in [0.4, 0.5) is 13.2 Å². The van der Waals surface area contributed by atoms with E-state index in [0.717, 1.165) is 30.1 Å². The molecule has 2 aromatic carbocycles. The van der Waals surface area contributed by atoms with Crippen molar-refractivity contribution < 1.29 is 27.4 Å². The molecule has 0 saturated heterocycles. The Bertz CT molecular complexity index is 1350. The molecular weight excluding hydrogens is 497 g/mol. The highest BCUT2D eigenvalue weighted by atomic mass is 35.5. The lowest BCUT2D eigenvalue weighted by atomic mass is 10.0. The topological polar surface area (TPSA) is 84.8 Å². The van der Waals surface area contributed by atoms with E-state index in [4.69, 9.17) is 21.1 Å². The Morgan fingerprint density at radius 2 is 1.97 bits per heavy atom. The Morgan fingerprint density at radius 3 is 2.75 bits per heavy atom. The SMILES string of the molecule is O=C(NC1COc2ccc(Oc3ccnc(C4=NCCN4)c3)cc2C1)c1ccc(Cl)c(C(F)(F)F)c1. The third kappa shape index (κ3) is 5.23. The average Bonchev–Trinajstić information content (AvgIpc) is 3.39. The summed E-state index contributed by atoms with van der Waals surface area (Å²) in [4.78, 5) is 21.3. The normalized spacial score (nSPS) is 16.9. The second kappa shape index (κ2) is 9.69. The van der Waals surface area contributed by atoms with Crippen molar-refractivity contribution in [1.82, 2.24) is 15.6 Å². The van der Waals surface area contributed by atoms with Crippen LogP contribution in [0.3, 0.4) is 0 Å². The van der Waals surface area contributed by atoms with Gasteiger partial charge in [0.1, 0.15) is 35.4 Å². The van der Waals surface area contributed by atoms with Crippen molar-refractivity contribution in [3.05, 3.63) is 82.1 Å². The van der Waals surface area contributed by atoms with Gasteiger partial charge < -0.3 is 20.1 Å². The van der Waals surface area contributed by atoms with Gasteiger partial charge in [-0.1, -0.05) is 11.6 Å². The van der Waals surface area contributed by atoms with Crippen LogP contribution < -0.4 is 20.1 Å². The number of aliphatic imine (C=N–C) groups is 1. The molecule has 5 rings (SSSR count). The van der Waals surface area contributed by atoms with Crippen molar-refractivity contribution in [3.63, 3.8) is 0 Å². The van der Waals surface area contributed by atoms with E-state index in [1.165, 1.54) is 6.07 Å². The second-order valence-electron chi connectivity index (χ2n) is 8.28. The minimum Gasteiger partial charge on any atom is -0.491 e. The number of nitrogens with one attached hydrogen (secondary N) is 2. The number of amides is 1. The summed E-state index contributed by atoms with van der Waals surface area (Å²) in [6, 6.07) is 11.5. The van der Waals surface area contributed by atoms with Gasteiger partial charge in [0.05, 0.1) is 23.2 Å². The molecule has 1 amide bonds. The number of amidine groups is 1. The molecule has 7 nitrogen and oxygen atoms in total. The summed E-state index contributed by atoms with van der Waals surface area (Å²) >= 11 is 5.65. The van der Waals surface area contributed by atoms with Crippen LogP contribution in [0.1, 0.15) is 27.2 Å². The molecular formula is C25H20ClF3N4O3. The number of halogens is 4. The van der Waals surface area contributed by atoms with Gasteiger partial charge in [-0.3, -0.25) is 14.8 Å². The van der Waals surface area contributed by atoms with Crippen molar-refractivity contribution in [2.75, 3.05) is 19.7 Å². The Labute approximate surface area is 209 Å². The first-order valence-electron chi connectivity index (χ1n) is 11.1. The smallest absolute Gasteiger partial charge is 0.417 e. The highest BCUT2D eigenvalue weighted by Crippen LogP contribution is 2.35. The highest BCUT2D eigenvalue weighted by Gasteiger charge is 2.34. The predicted octanol–water partition coefficient (Wildman–Crippen LogP) is 4.63. The minimum atomic E-state index is -4.66. The molecule has 2 N–H and O–H groups in total. The summed E-state index contributed by atoms with van der Waals surface area (Å²) in [7, 11) is 0. The monoisotopic (exact) mass is 516 g/mol. The number of rotatable bonds is 5. The number of carbonyl (C=O) groups is 1. The van der Waals surface area contributed by atoms with E-state index in [1.54, 1.807) is 30.5 Å². The number of alkyl halides is 3. The summed E-state index contributed by atoms with van der Waals surface area (Å²) in [6.07, 6.45) is -2.60. The number of benzene rings is 2. The second-order valence-corrected chi connectivity index (χ2v) is 8.69. The zero-order valence-electron chi connectivity index (χ0n) is 18.7. The molecule has 2 aliphatic rings. The van der Waals surface area contributed by atoms with Gasteiger partial charge in [0.15, 0.2) is 0 Å². The fraction of sp³-hybridized carbons (Fsp3) is 0.240. The molecule has 0 saturated carbocycles. The summed E-state index contributed by atoms with van der Waals surface area (Å²) in [5.41, 5.74) is 0.292. The van der Waals surface area contributed by atoms with E-state index < -0.39 is 28.7 Å². The molecule has 2 aliphatic heterocycles. The lowest BCUT2D eigenvalue weighted by Crippen LogP contribution is -2.42. The maximum atomic E-state index is 13.2. The van der Waals surface area contributed by atoms with Gasteiger partial charge in [0.25, 0.3) is 5.91 Å². The Morgan fingerprint density at radius 1 is 1.14 bits per heavy atom. The Hall–Kier alpha value is -3.79. The molecule has 1 unspecified atom stereocenters. The van der Waals surface area contributed by atoms with Crippen molar-refractivity contribution >= 4 is 23.3 Å². The van der Waals surface area contributed by atoms with E-state index >= 15 is 0 Å². The number of carbonyl (C=O) groups excluding carboxylic acids is 1. The maximum Gasteiger partial charge on any atom is 0.417 e. The minimum absolute atomic E-state index is 0.135. The van der Waals surface area contributed by atoms with Crippen molar-refractivity contribution in [1.29, 1.82) is 0 Å². The Balaban J connectivity index is 1.27. The first-order valence-corrected chi connectivity index (χ1v) is 11.5. The van der Waals surface area contributed by atoms with Gasteiger partial charge >= 0.3 is 6.18 Å². The molecule has 186 valence electrons. The van der Waals surface area contributed by atoms with Gasteiger partial charge in [0.2, 0.25) is 0 Å². The number of fused-ring (bicyclic) bond motifs is 1. The summed E-state index contributed by atoms with van der Waals surface area (Å²) in [5, 5.41) is 5.44. The molecule has 11 heteroatoms. The fourth-order valence-corrected chi connectivity index (χ4v) is 4.21. The van der Waals surface area contributed by atoms with E-state index in [0.29, 0.717) is 35.9 Å². The third-order valence-electron chi connectivity index (χ3n) is 5.69. The van der Waals surface area contributed by atoms with Crippen LogP contribution in [0.5, 0.6) is 17.2 Å². The molecule has 3 heterocycles. The lowest BCUT2D eigenvalue weighted by molar-refractivity contribution is -0.137. The third-order valence-corrected chi connectivity index (χ3v) is 6.02. The number of hydrogen-bond acceptors (Lipinski definition) is 6. The highest BCUT2D eigenvalue weighted by molar-refractivity contribution is 6.31. The molecule has 0 radical (unpaired) electrons. The quantitative estimate of drug-likeness (QED) is 0.516. The maximum absolute atomic E-state index is 13.2. The van der Waals surface area contributed by atoms with Gasteiger partial charge in [-0.05, 0) is 54.4 Å². The zero-order valence-corrected chi connectivity index (χ0v) is 19.5. The summed E-state index contributed by atoms with van der Waals surface area (Å²) < 4.78 is 51.2. The van der Waals surface area contributed by atoms with E-state index in [2.05, 4.69) is 20.6 Å². The summed E-state index contributed by atoms with van der Waals surface area (Å²) in [6.45, 7) is 1.65. The van der Waals surface area contributed by atoms with Crippen molar-refractivity contribution in [3.8, 4) is 17.2 Å². The largest absolute Gasteiger partial charge is 0.491 e. The van der Waals surface area contributed by atoms with Crippen LogP contribution in [0.2, 0.25) is 5.02 Å². The standard InChI is InChI=1S/C25H20ClF3N4O3/c26-20-3-1-14(11-19(20)25(27,28)29)24(34)33-16-9-15-10-17(2-4-22(15)35-13-16)36-18-5-6-30-21(12-18)23-31-7-8-32-23/h1-6,10-12,16H,7-9,13H2,(H,31,32)(H,33,34). The fourth-order valence-electron chi connectivity index (χ4n) is 3.99. The van der Waals surface area contributed by atoms with Crippen LogP contribution in [0, 0.1) is 0 Å². The van der Waals surface area contributed by atoms with E-state index in [9.17, 15) is 18.0 Å². The average molecular weight is 517 g/mol. The van der Waals surface area contributed by atoms with E-state index in [-0.39, 0.29) is 12.2 Å². The number of pyridine rings is 1. The number of aromatic nitrogens is 1. The molecule has 0 aliphatic carbocycles. The molecule has 1 aromatic heterocycles. The van der Waals surface area contributed by atoms with Crippen molar-refractivity contribution in [2.24, 2.45) is 4.99 Å². The van der Waals surface area contributed by atoms with Crippen LogP contribution in [-0.4, -0.2) is 42.5 Å². The molecule has 0 fully saturated rings. The molecule has 0 bridgehead atoms. The van der Waals surface area contributed by atoms with Crippen LogP contribution in [-0.2, 0) is 12.6 Å². The number of hydrogen-bond donors (Lipinski definition) is 2. The Kier molecular flexibility index (Phi) is 6.44. The predicted molar refractivity (Wildman–Crippen MR) is 127 cm³/mol. The molecule has 3 aromatic rings. The first-order chi connectivity index (χ1) is 17.3. The van der Waals surface area contributed by atoms with Crippen LogP contribution in [0.15, 0.2) is 59.7 Å². The van der Waals surface area contributed by atoms with Gasteiger partial charge in [-0.2, -0.15) is 13.2 Å². The lowest BCUT2D eigenvalue weighted by Gasteiger charge is -2.26. The number of nitrogens with zero attached hydrogens (tertiary/aromatic N) is 2. The van der Waals surface area contributed by atoms with Gasteiger partial charge in [-0.15, -0.1) is 0 Å².